The highest BCUT2D eigenvalue weighted by molar-refractivity contribution is 7.80. The van der Waals surface area contributed by atoms with Crippen molar-refractivity contribution in [3.8, 4) is 0 Å². The maximum Gasteiger partial charge on any atom is 0.182 e. The van der Waals surface area contributed by atoms with Crippen molar-refractivity contribution in [1.82, 2.24) is 16.2 Å². The number of hydrazine groups is 1. The summed E-state index contributed by atoms with van der Waals surface area (Å²) in [6.07, 6.45) is 0.00872. The standard InChI is InChI=1S/C18H13N3S/c22-18-19-17(20-21-18)14-8-12-6-4-10-2-1-3-11-5-7-13(9-14)16(12)15(10)11/h1-9,17,20H,(H2,19,21,22). The molecule has 1 heterocycles. The van der Waals surface area contributed by atoms with Gasteiger partial charge in [0, 0.05) is 0 Å². The molecular weight excluding hydrogens is 290 g/mol. The molecular formula is C18H13N3S. The molecule has 22 heavy (non-hydrogen) atoms. The van der Waals surface area contributed by atoms with Crippen LogP contribution in [0.15, 0.2) is 54.6 Å². The van der Waals surface area contributed by atoms with E-state index < -0.39 is 0 Å². The van der Waals surface area contributed by atoms with Crippen LogP contribution >= 0.6 is 12.2 Å². The molecule has 1 aliphatic rings. The van der Waals surface area contributed by atoms with Crippen LogP contribution in [0.1, 0.15) is 11.7 Å². The smallest absolute Gasteiger partial charge is 0.182 e. The van der Waals surface area contributed by atoms with Crippen LogP contribution in [0.2, 0.25) is 0 Å². The lowest BCUT2D eigenvalue weighted by molar-refractivity contribution is 0.555. The lowest BCUT2D eigenvalue weighted by Crippen LogP contribution is -2.26. The SMILES string of the molecule is S=C1NNC(c2cc3ccc4cccc5ccc(c2)c3c45)N1. The molecule has 0 saturated carbocycles. The molecule has 1 fully saturated rings. The molecule has 3 N–H and O–H groups in total. The summed E-state index contributed by atoms with van der Waals surface area (Å²) in [5.74, 6) is 0. The van der Waals surface area contributed by atoms with E-state index in [0.29, 0.717) is 5.11 Å². The highest BCUT2D eigenvalue weighted by atomic mass is 32.1. The van der Waals surface area contributed by atoms with E-state index in [0.717, 1.165) is 0 Å². The fraction of sp³-hybridized carbons (Fsp3) is 0.0556. The summed E-state index contributed by atoms with van der Waals surface area (Å²) in [6, 6.07) is 19.7. The van der Waals surface area contributed by atoms with E-state index in [4.69, 9.17) is 12.2 Å². The van der Waals surface area contributed by atoms with E-state index in [9.17, 15) is 0 Å². The van der Waals surface area contributed by atoms with Crippen molar-refractivity contribution in [3.05, 3.63) is 60.2 Å². The van der Waals surface area contributed by atoms with Gasteiger partial charge in [0.05, 0.1) is 0 Å². The maximum atomic E-state index is 5.13. The first-order chi connectivity index (χ1) is 10.8. The van der Waals surface area contributed by atoms with Gasteiger partial charge in [0.25, 0.3) is 0 Å². The Bertz CT molecular complexity index is 977. The van der Waals surface area contributed by atoms with Gasteiger partial charge in [-0.2, -0.15) is 0 Å². The molecule has 1 aliphatic heterocycles. The van der Waals surface area contributed by atoms with E-state index in [1.54, 1.807) is 0 Å². The summed E-state index contributed by atoms with van der Waals surface area (Å²) in [5.41, 5.74) is 7.29. The second kappa shape index (κ2) is 4.29. The molecule has 0 radical (unpaired) electrons. The van der Waals surface area contributed by atoms with Gasteiger partial charge < -0.3 is 5.32 Å². The van der Waals surface area contributed by atoms with Gasteiger partial charge in [0.2, 0.25) is 0 Å². The summed E-state index contributed by atoms with van der Waals surface area (Å²) >= 11 is 5.13. The maximum absolute atomic E-state index is 5.13. The lowest BCUT2D eigenvalue weighted by Gasteiger charge is -2.15. The molecule has 0 amide bonds. The fourth-order valence-electron chi connectivity index (χ4n) is 3.45. The Kier molecular flexibility index (Phi) is 2.37. The minimum atomic E-state index is 0.00872. The van der Waals surface area contributed by atoms with Crippen molar-refractivity contribution < 1.29 is 0 Å². The minimum absolute atomic E-state index is 0.00872. The Labute approximate surface area is 132 Å². The third-order valence-electron chi connectivity index (χ3n) is 4.42. The summed E-state index contributed by atoms with van der Waals surface area (Å²) in [5, 5.41) is 11.7. The normalized spacial score (nSPS) is 18.2. The van der Waals surface area contributed by atoms with E-state index in [1.807, 2.05) is 0 Å². The molecule has 4 aromatic carbocycles. The number of thiocarbonyl (C=S) groups is 1. The topological polar surface area (TPSA) is 36.1 Å². The molecule has 1 atom stereocenters. The quantitative estimate of drug-likeness (QED) is 0.371. The average Bonchev–Trinajstić information content (AvgIpc) is 2.99. The van der Waals surface area contributed by atoms with E-state index in [1.165, 1.54) is 37.9 Å². The van der Waals surface area contributed by atoms with Gasteiger partial charge >= 0.3 is 0 Å². The van der Waals surface area contributed by atoms with Crippen LogP contribution in [-0.4, -0.2) is 5.11 Å². The molecule has 0 bridgehead atoms. The van der Waals surface area contributed by atoms with Crippen LogP contribution in [0.5, 0.6) is 0 Å². The van der Waals surface area contributed by atoms with E-state index >= 15 is 0 Å². The van der Waals surface area contributed by atoms with Gasteiger partial charge in [0.15, 0.2) is 5.11 Å². The Balaban J connectivity index is 1.84. The number of nitrogens with one attached hydrogen (secondary N) is 3. The van der Waals surface area contributed by atoms with Crippen molar-refractivity contribution in [1.29, 1.82) is 0 Å². The molecule has 5 rings (SSSR count). The first kappa shape index (κ1) is 12.1. The molecule has 106 valence electrons. The summed E-state index contributed by atoms with van der Waals surface area (Å²) in [6.45, 7) is 0. The van der Waals surface area contributed by atoms with Crippen LogP contribution in [-0.2, 0) is 0 Å². The van der Waals surface area contributed by atoms with Crippen LogP contribution < -0.4 is 16.2 Å². The molecule has 4 heteroatoms. The molecule has 0 aromatic heterocycles. The number of hydrogen-bond acceptors (Lipinski definition) is 2. The third-order valence-corrected chi connectivity index (χ3v) is 4.64. The predicted molar refractivity (Wildman–Crippen MR) is 94.9 cm³/mol. The van der Waals surface area contributed by atoms with Crippen molar-refractivity contribution in [3.63, 3.8) is 0 Å². The zero-order chi connectivity index (χ0) is 14.7. The van der Waals surface area contributed by atoms with Crippen LogP contribution in [0, 0.1) is 0 Å². The van der Waals surface area contributed by atoms with E-state index in [-0.39, 0.29) is 6.17 Å². The zero-order valence-electron chi connectivity index (χ0n) is 11.7. The van der Waals surface area contributed by atoms with Crippen molar-refractivity contribution >= 4 is 49.6 Å². The average molecular weight is 303 g/mol. The van der Waals surface area contributed by atoms with Crippen LogP contribution in [0.4, 0.5) is 0 Å². The monoisotopic (exact) mass is 303 g/mol. The first-order valence-corrected chi connectivity index (χ1v) is 7.70. The largest absolute Gasteiger partial charge is 0.341 e. The molecule has 1 saturated heterocycles. The number of rotatable bonds is 1. The summed E-state index contributed by atoms with van der Waals surface area (Å²) in [7, 11) is 0. The zero-order valence-corrected chi connectivity index (χ0v) is 12.5. The number of hydrogen-bond donors (Lipinski definition) is 3. The van der Waals surface area contributed by atoms with Crippen LogP contribution in [0.3, 0.4) is 0 Å². The van der Waals surface area contributed by atoms with Crippen molar-refractivity contribution in [2.24, 2.45) is 0 Å². The fourth-order valence-corrected chi connectivity index (χ4v) is 3.63. The molecule has 4 aromatic rings. The highest BCUT2D eigenvalue weighted by Crippen LogP contribution is 2.35. The van der Waals surface area contributed by atoms with Gasteiger partial charge in [-0.25, -0.2) is 5.43 Å². The van der Waals surface area contributed by atoms with Crippen LogP contribution in [0.25, 0.3) is 32.3 Å². The first-order valence-electron chi connectivity index (χ1n) is 7.29. The minimum Gasteiger partial charge on any atom is -0.341 e. The Morgan fingerprint density at radius 2 is 1.36 bits per heavy atom. The molecule has 0 aliphatic carbocycles. The van der Waals surface area contributed by atoms with Crippen molar-refractivity contribution in [2.45, 2.75) is 6.17 Å². The molecule has 3 nitrogen and oxygen atoms in total. The van der Waals surface area contributed by atoms with Crippen molar-refractivity contribution in [2.75, 3.05) is 0 Å². The second-order valence-corrected chi connectivity index (χ2v) is 6.14. The Morgan fingerprint density at radius 1 is 0.773 bits per heavy atom. The third kappa shape index (κ3) is 1.62. The summed E-state index contributed by atoms with van der Waals surface area (Å²) in [4.78, 5) is 0. The molecule has 1 unspecified atom stereocenters. The Hall–Kier alpha value is -2.43. The Morgan fingerprint density at radius 3 is 1.95 bits per heavy atom. The van der Waals surface area contributed by atoms with Gasteiger partial charge in [-0.1, -0.05) is 42.5 Å². The highest BCUT2D eigenvalue weighted by Gasteiger charge is 2.19. The predicted octanol–water partition coefficient (Wildman–Crippen LogP) is 3.56. The van der Waals surface area contributed by atoms with Gasteiger partial charge in [-0.15, -0.1) is 0 Å². The van der Waals surface area contributed by atoms with Gasteiger partial charge in [-0.05, 0) is 62.2 Å². The number of benzene rings is 4. The van der Waals surface area contributed by atoms with Gasteiger partial charge in [0.1, 0.15) is 6.17 Å². The second-order valence-electron chi connectivity index (χ2n) is 5.73. The van der Waals surface area contributed by atoms with Gasteiger partial charge in [-0.3, -0.25) is 5.43 Å². The lowest BCUT2D eigenvalue weighted by atomic mass is 9.92. The molecule has 0 spiro atoms. The summed E-state index contributed by atoms with van der Waals surface area (Å²) < 4.78 is 0. The van der Waals surface area contributed by atoms with E-state index in [2.05, 4.69) is 70.8 Å².